The van der Waals surface area contributed by atoms with Crippen molar-refractivity contribution in [1.29, 1.82) is 0 Å². The Bertz CT molecular complexity index is 322. The van der Waals surface area contributed by atoms with Gasteiger partial charge in [-0.15, -0.1) is 0 Å². The predicted octanol–water partition coefficient (Wildman–Crippen LogP) is 0.411. The van der Waals surface area contributed by atoms with Crippen molar-refractivity contribution >= 4 is 5.97 Å². The summed E-state index contributed by atoms with van der Waals surface area (Å²) in [4.78, 5) is 21.1. The van der Waals surface area contributed by atoms with Crippen LogP contribution in [0, 0.1) is 0 Å². The van der Waals surface area contributed by atoms with E-state index in [1.807, 2.05) is 0 Å². The van der Waals surface area contributed by atoms with Crippen molar-refractivity contribution in [2.45, 2.75) is 13.5 Å². The van der Waals surface area contributed by atoms with Crippen molar-refractivity contribution in [2.24, 2.45) is 0 Å². The molecule has 0 aliphatic rings. The predicted molar refractivity (Wildman–Crippen MR) is 47.3 cm³/mol. The lowest BCUT2D eigenvalue weighted by Crippen LogP contribution is -2.10. The van der Waals surface area contributed by atoms with Gasteiger partial charge in [0.1, 0.15) is 6.61 Å². The second-order valence-electron chi connectivity index (χ2n) is 2.61. The number of hydrogen-bond acceptors (Lipinski definition) is 3. The van der Waals surface area contributed by atoms with Crippen LogP contribution < -0.4 is 5.43 Å². The molecule has 0 atom stereocenters. The van der Waals surface area contributed by atoms with E-state index in [9.17, 15) is 9.59 Å². The molecule has 4 nitrogen and oxygen atoms in total. The first-order chi connectivity index (χ1) is 6.18. The first-order valence-electron chi connectivity index (χ1n) is 3.98. The lowest BCUT2D eigenvalue weighted by atomic mass is 10.4. The topological polar surface area (TPSA) is 48.3 Å². The molecule has 0 saturated heterocycles. The molecule has 0 fully saturated rings. The van der Waals surface area contributed by atoms with Crippen LogP contribution in [-0.4, -0.2) is 17.1 Å². The van der Waals surface area contributed by atoms with Gasteiger partial charge in [-0.2, -0.15) is 0 Å². The zero-order chi connectivity index (χ0) is 9.68. The Labute approximate surface area is 75.8 Å². The zero-order valence-electron chi connectivity index (χ0n) is 7.40. The molecule has 1 aromatic rings. The van der Waals surface area contributed by atoms with Gasteiger partial charge in [0.2, 0.25) is 0 Å². The van der Waals surface area contributed by atoms with Crippen molar-refractivity contribution in [2.75, 3.05) is 6.61 Å². The molecule has 0 unspecified atom stereocenters. The molecule has 0 aliphatic carbocycles. The Morgan fingerprint density at radius 3 is 2.62 bits per heavy atom. The summed E-state index contributed by atoms with van der Waals surface area (Å²) in [6.07, 6.45) is 3.32. The molecule has 0 radical (unpaired) electrons. The Balaban J connectivity index is 2.41. The van der Waals surface area contributed by atoms with Gasteiger partial charge in [-0.1, -0.05) is 0 Å². The summed E-state index contributed by atoms with van der Waals surface area (Å²) >= 11 is 0. The maximum absolute atomic E-state index is 10.7. The maximum atomic E-state index is 10.7. The molecule has 1 heterocycles. The summed E-state index contributed by atoms with van der Waals surface area (Å²) in [5, 5.41) is 0. The number of carbonyl (C=O) groups excluding carboxylic acids is 1. The lowest BCUT2D eigenvalue weighted by Gasteiger charge is -2.04. The van der Waals surface area contributed by atoms with Crippen LogP contribution in [-0.2, 0) is 16.1 Å². The first kappa shape index (κ1) is 9.51. The van der Waals surface area contributed by atoms with Gasteiger partial charge in [-0.25, -0.2) is 0 Å². The number of ether oxygens (including phenoxy) is 1. The fraction of sp³-hybridized carbons (Fsp3) is 0.333. The standard InChI is InChI=1S/C9H11NO3/c1-8(11)13-7-6-10-4-2-9(12)3-5-10/h2-5H,6-7H2,1H3. The molecule has 0 amide bonds. The summed E-state index contributed by atoms with van der Waals surface area (Å²) in [6, 6.07) is 2.93. The molecule has 1 aromatic heterocycles. The molecule has 0 aromatic carbocycles. The number of carbonyl (C=O) groups is 1. The normalized spacial score (nSPS) is 9.62. The lowest BCUT2D eigenvalue weighted by molar-refractivity contribution is -0.141. The molecule has 0 spiro atoms. The fourth-order valence-electron chi connectivity index (χ4n) is 0.887. The van der Waals surface area contributed by atoms with Gasteiger partial charge >= 0.3 is 5.97 Å². The van der Waals surface area contributed by atoms with Crippen LogP contribution in [0.4, 0.5) is 0 Å². The molecule has 70 valence electrons. The van der Waals surface area contributed by atoms with Crippen molar-refractivity contribution in [1.82, 2.24) is 4.57 Å². The zero-order valence-corrected chi connectivity index (χ0v) is 7.40. The van der Waals surface area contributed by atoms with E-state index in [-0.39, 0.29) is 11.4 Å². The van der Waals surface area contributed by atoms with Crippen molar-refractivity contribution in [3.63, 3.8) is 0 Å². The van der Waals surface area contributed by atoms with Crippen molar-refractivity contribution in [3.05, 3.63) is 34.7 Å². The van der Waals surface area contributed by atoms with E-state index in [1.54, 1.807) is 17.0 Å². The van der Waals surface area contributed by atoms with Crippen LogP contribution in [0.3, 0.4) is 0 Å². The highest BCUT2D eigenvalue weighted by Gasteiger charge is 1.92. The molecule has 0 aliphatic heterocycles. The quantitative estimate of drug-likeness (QED) is 0.634. The van der Waals surface area contributed by atoms with Crippen LogP contribution in [0.5, 0.6) is 0 Å². The third-order valence-electron chi connectivity index (χ3n) is 1.52. The van der Waals surface area contributed by atoms with E-state index in [0.717, 1.165) is 0 Å². The van der Waals surface area contributed by atoms with Crippen LogP contribution in [0.25, 0.3) is 0 Å². The molecule has 0 saturated carbocycles. The number of hydrogen-bond donors (Lipinski definition) is 0. The number of rotatable bonds is 3. The first-order valence-corrected chi connectivity index (χ1v) is 3.98. The average molecular weight is 181 g/mol. The van der Waals surface area contributed by atoms with Crippen LogP contribution in [0.15, 0.2) is 29.3 Å². The number of nitrogens with zero attached hydrogens (tertiary/aromatic N) is 1. The minimum atomic E-state index is -0.291. The van der Waals surface area contributed by atoms with E-state index >= 15 is 0 Å². The summed E-state index contributed by atoms with van der Waals surface area (Å²) in [5.41, 5.74) is -0.0243. The smallest absolute Gasteiger partial charge is 0.302 e. The van der Waals surface area contributed by atoms with Gasteiger partial charge in [-0.05, 0) is 0 Å². The third kappa shape index (κ3) is 3.55. The SMILES string of the molecule is CC(=O)OCCn1ccc(=O)cc1. The van der Waals surface area contributed by atoms with Gasteiger partial charge in [0.05, 0.1) is 6.54 Å². The van der Waals surface area contributed by atoms with Crippen molar-refractivity contribution in [3.8, 4) is 0 Å². The van der Waals surface area contributed by atoms with Gasteiger partial charge in [0, 0.05) is 31.5 Å². The molecule has 0 N–H and O–H groups in total. The van der Waals surface area contributed by atoms with Gasteiger partial charge in [0.15, 0.2) is 5.43 Å². The number of pyridine rings is 1. The van der Waals surface area contributed by atoms with Crippen molar-refractivity contribution < 1.29 is 9.53 Å². The fourth-order valence-corrected chi connectivity index (χ4v) is 0.887. The monoisotopic (exact) mass is 181 g/mol. The Morgan fingerprint density at radius 2 is 2.08 bits per heavy atom. The summed E-state index contributed by atoms with van der Waals surface area (Å²) < 4.78 is 6.52. The second kappa shape index (κ2) is 4.45. The highest BCUT2D eigenvalue weighted by Crippen LogP contribution is 1.86. The Morgan fingerprint density at radius 1 is 1.46 bits per heavy atom. The van der Waals surface area contributed by atoms with Crippen LogP contribution in [0.1, 0.15) is 6.92 Å². The highest BCUT2D eigenvalue weighted by molar-refractivity contribution is 5.65. The maximum Gasteiger partial charge on any atom is 0.302 e. The van der Waals surface area contributed by atoms with Gasteiger partial charge in [0.25, 0.3) is 0 Å². The summed E-state index contributed by atoms with van der Waals surface area (Å²) in [6.45, 7) is 2.27. The number of aromatic nitrogens is 1. The molecule has 4 heteroatoms. The minimum Gasteiger partial charge on any atom is -0.464 e. The van der Waals surface area contributed by atoms with E-state index in [0.29, 0.717) is 13.2 Å². The van der Waals surface area contributed by atoms with Crippen LogP contribution >= 0.6 is 0 Å². The van der Waals surface area contributed by atoms with E-state index in [4.69, 9.17) is 4.74 Å². The molecule has 13 heavy (non-hydrogen) atoms. The van der Waals surface area contributed by atoms with E-state index < -0.39 is 0 Å². The second-order valence-corrected chi connectivity index (χ2v) is 2.61. The molecule has 0 bridgehead atoms. The highest BCUT2D eigenvalue weighted by atomic mass is 16.5. The number of esters is 1. The molecular weight excluding hydrogens is 170 g/mol. The third-order valence-corrected chi connectivity index (χ3v) is 1.52. The van der Waals surface area contributed by atoms with Gasteiger partial charge < -0.3 is 9.30 Å². The molecule has 1 rings (SSSR count). The summed E-state index contributed by atoms with van der Waals surface area (Å²) in [5.74, 6) is -0.291. The average Bonchev–Trinajstić information content (AvgIpc) is 2.08. The van der Waals surface area contributed by atoms with E-state index in [1.165, 1.54) is 19.1 Å². The Hall–Kier alpha value is -1.58. The Kier molecular flexibility index (Phi) is 3.25. The van der Waals surface area contributed by atoms with Gasteiger partial charge in [-0.3, -0.25) is 9.59 Å². The van der Waals surface area contributed by atoms with Crippen LogP contribution in [0.2, 0.25) is 0 Å². The molecular formula is C9H11NO3. The van der Waals surface area contributed by atoms with E-state index in [2.05, 4.69) is 0 Å². The minimum absolute atomic E-state index is 0.0243. The largest absolute Gasteiger partial charge is 0.464 e. The summed E-state index contributed by atoms with van der Waals surface area (Å²) in [7, 11) is 0.